The maximum atomic E-state index is 13.2. The monoisotopic (exact) mass is 519 g/mol. The summed E-state index contributed by atoms with van der Waals surface area (Å²) >= 11 is 12.1. The van der Waals surface area contributed by atoms with E-state index in [2.05, 4.69) is 10.5 Å². The number of nitrogens with one attached hydrogen (secondary N) is 1. The molecule has 11 heteroatoms. The number of carbonyl (C=O) groups excluding carboxylic acids is 1. The van der Waals surface area contributed by atoms with Gasteiger partial charge in [-0.1, -0.05) is 65.7 Å². The minimum absolute atomic E-state index is 0.00570. The SMILES string of the molecule is O=C(CN(Cc1ccc(Cl)cc1Cl)S(=O)(=O)c1ccccc1)N/N=C\c1ccccc1C(=O)O. The molecule has 176 valence electrons. The van der Waals surface area contributed by atoms with Crippen LogP contribution in [0.1, 0.15) is 21.5 Å². The molecule has 0 fully saturated rings. The van der Waals surface area contributed by atoms with Crippen LogP contribution in [0, 0.1) is 0 Å². The normalized spacial score (nSPS) is 11.6. The molecule has 8 nitrogen and oxygen atoms in total. The summed E-state index contributed by atoms with van der Waals surface area (Å²) in [7, 11) is -4.07. The minimum atomic E-state index is -4.07. The molecule has 1 amide bonds. The maximum absolute atomic E-state index is 13.2. The zero-order valence-corrected chi connectivity index (χ0v) is 19.9. The van der Waals surface area contributed by atoms with E-state index < -0.39 is 28.4 Å². The second-order valence-corrected chi connectivity index (χ2v) is 9.79. The zero-order valence-electron chi connectivity index (χ0n) is 17.6. The van der Waals surface area contributed by atoms with E-state index in [0.717, 1.165) is 4.31 Å². The molecule has 34 heavy (non-hydrogen) atoms. The van der Waals surface area contributed by atoms with Gasteiger partial charge < -0.3 is 5.11 Å². The van der Waals surface area contributed by atoms with Gasteiger partial charge in [-0.2, -0.15) is 9.41 Å². The molecule has 0 aliphatic rings. The lowest BCUT2D eigenvalue weighted by atomic mass is 10.1. The highest BCUT2D eigenvalue weighted by molar-refractivity contribution is 7.89. The summed E-state index contributed by atoms with van der Waals surface area (Å²) in [4.78, 5) is 23.9. The number of carboxylic acids is 1. The van der Waals surface area contributed by atoms with Crippen molar-refractivity contribution in [3.8, 4) is 0 Å². The van der Waals surface area contributed by atoms with Gasteiger partial charge in [0.15, 0.2) is 0 Å². The van der Waals surface area contributed by atoms with Gasteiger partial charge in [-0.25, -0.2) is 18.6 Å². The fourth-order valence-electron chi connectivity index (χ4n) is 2.98. The van der Waals surface area contributed by atoms with Crippen molar-refractivity contribution in [2.45, 2.75) is 11.4 Å². The molecule has 0 saturated carbocycles. The first-order valence-electron chi connectivity index (χ1n) is 9.82. The van der Waals surface area contributed by atoms with Crippen LogP contribution < -0.4 is 5.43 Å². The van der Waals surface area contributed by atoms with Crippen LogP contribution in [-0.2, 0) is 21.4 Å². The number of carboxylic acid groups (broad SMARTS) is 1. The van der Waals surface area contributed by atoms with Gasteiger partial charge >= 0.3 is 5.97 Å². The number of rotatable bonds is 9. The van der Waals surface area contributed by atoms with Crippen LogP contribution in [0.3, 0.4) is 0 Å². The molecule has 0 aliphatic carbocycles. The van der Waals surface area contributed by atoms with Crippen molar-refractivity contribution in [2.75, 3.05) is 6.54 Å². The number of halogens is 2. The number of hydrogen-bond donors (Lipinski definition) is 2. The Balaban J connectivity index is 1.82. The van der Waals surface area contributed by atoms with Crippen molar-refractivity contribution >= 4 is 51.3 Å². The zero-order chi connectivity index (χ0) is 24.7. The number of hydrogen-bond acceptors (Lipinski definition) is 5. The summed E-state index contributed by atoms with van der Waals surface area (Å²) in [6.07, 6.45) is 1.17. The molecule has 0 unspecified atom stereocenters. The Labute approximate surface area is 206 Å². The molecule has 0 spiro atoms. The van der Waals surface area contributed by atoms with E-state index >= 15 is 0 Å². The van der Waals surface area contributed by atoms with Crippen molar-refractivity contribution < 1.29 is 23.1 Å². The quantitative estimate of drug-likeness (QED) is 0.327. The van der Waals surface area contributed by atoms with E-state index in [0.29, 0.717) is 10.6 Å². The standard InChI is InChI=1S/C23H19Cl2N3O5S/c24-18-11-10-17(21(25)12-18)14-28(34(32,33)19-7-2-1-3-8-19)15-22(29)27-26-13-16-6-4-5-9-20(16)23(30)31/h1-13H,14-15H2,(H,27,29)(H,30,31)/b26-13-. The summed E-state index contributed by atoms with van der Waals surface area (Å²) in [6, 6.07) is 18.4. The molecule has 0 atom stereocenters. The minimum Gasteiger partial charge on any atom is -0.478 e. The van der Waals surface area contributed by atoms with E-state index in [4.69, 9.17) is 23.2 Å². The fourth-order valence-corrected chi connectivity index (χ4v) is 4.84. The van der Waals surface area contributed by atoms with Crippen molar-refractivity contribution in [2.24, 2.45) is 5.10 Å². The lowest BCUT2D eigenvalue weighted by Crippen LogP contribution is -2.39. The summed E-state index contributed by atoms with van der Waals surface area (Å²) in [5.41, 5.74) is 2.97. The Kier molecular flexibility index (Phi) is 8.41. The van der Waals surface area contributed by atoms with Crippen LogP contribution in [0.5, 0.6) is 0 Å². The molecule has 2 N–H and O–H groups in total. The molecule has 3 rings (SSSR count). The molecule has 0 aromatic heterocycles. The molecule has 0 saturated heterocycles. The number of benzene rings is 3. The van der Waals surface area contributed by atoms with E-state index in [1.165, 1.54) is 36.5 Å². The van der Waals surface area contributed by atoms with Crippen molar-refractivity contribution in [1.29, 1.82) is 0 Å². The molecule has 0 radical (unpaired) electrons. The average molecular weight is 520 g/mol. The van der Waals surface area contributed by atoms with Crippen molar-refractivity contribution in [3.05, 3.63) is 99.5 Å². The predicted molar refractivity (Wildman–Crippen MR) is 130 cm³/mol. The Hall–Kier alpha value is -3.24. The number of nitrogens with zero attached hydrogens (tertiary/aromatic N) is 2. The van der Waals surface area contributed by atoms with E-state index in [9.17, 15) is 23.1 Å². The van der Waals surface area contributed by atoms with Gasteiger partial charge in [-0.15, -0.1) is 0 Å². The van der Waals surface area contributed by atoms with E-state index in [-0.39, 0.29) is 27.6 Å². The van der Waals surface area contributed by atoms with Crippen LogP contribution in [0.15, 0.2) is 82.8 Å². The summed E-state index contributed by atoms with van der Waals surface area (Å²) in [6.45, 7) is -0.750. The summed E-state index contributed by atoms with van der Waals surface area (Å²) in [5.74, 6) is -1.87. The molecule has 0 heterocycles. The summed E-state index contributed by atoms with van der Waals surface area (Å²) in [5, 5.41) is 13.6. The van der Waals surface area contributed by atoms with Gasteiger partial charge in [0.25, 0.3) is 5.91 Å². The highest BCUT2D eigenvalue weighted by atomic mass is 35.5. The van der Waals surface area contributed by atoms with Crippen LogP contribution in [-0.4, -0.2) is 42.5 Å². The van der Waals surface area contributed by atoms with Crippen molar-refractivity contribution in [3.63, 3.8) is 0 Å². The average Bonchev–Trinajstić information content (AvgIpc) is 2.81. The predicted octanol–water partition coefficient (Wildman–Crippen LogP) is 4.03. The van der Waals surface area contributed by atoms with E-state index in [1.54, 1.807) is 42.5 Å². The van der Waals surface area contributed by atoms with Crippen LogP contribution >= 0.6 is 23.2 Å². The third-order valence-corrected chi connectivity index (χ3v) is 7.04. The van der Waals surface area contributed by atoms with Crippen LogP contribution in [0.4, 0.5) is 0 Å². The van der Waals surface area contributed by atoms with Crippen molar-refractivity contribution in [1.82, 2.24) is 9.73 Å². The number of carbonyl (C=O) groups is 2. The number of amides is 1. The highest BCUT2D eigenvalue weighted by Gasteiger charge is 2.27. The second kappa shape index (κ2) is 11.3. The lowest BCUT2D eigenvalue weighted by Gasteiger charge is -2.22. The van der Waals surface area contributed by atoms with E-state index in [1.807, 2.05) is 0 Å². The van der Waals surface area contributed by atoms with Crippen LogP contribution in [0.25, 0.3) is 0 Å². The third-order valence-electron chi connectivity index (χ3n) is 4.65. The molecular formula is C23H19Cl2N3O5S. The van der Waals surface area contributed by atoms with Gasteiger partial charge in [0.05, 0.1) is 23.2 Å². The molecular weight excluding hydrogens is 501 g/mol. The maximum Gasteiger partial charge on any atom is 0.336 e. The molecule has 3 aromatic carbocycles. The largest absolute Gasteiger partial charge is 0.478 e. The first kappa shape index (κ1) is 25.4. The molecule has 0 aliphatic heterocycles. The fraction of sp³-hybridized carbons (Fsp3) is 0.0870. The molecule has 0 bridgehead atoms. The Morgan fingerprint density at radius 3 is 2.35 bits per heavy atom. The number of aromatic carboxylic acids is 1. The third kappa shape index (κ3) is 6.42. The van der Waals surface area contributed by atoms with Gasteiger partial charge in [0, 0.05) is 22.2 Å². The Bertz CT molecular complexity index is 1330. The number of sulfonamides is 1. The molecule has 3 aromatic rings. The first-order chi connectivity index (χ1) is 16.2. The number of hydrazone groups is 1. The second-order valence-electron chi connectivity index (χ2n) is 7.01. The lowest BCUT2D eigenvalue weighted by molar-refractivity contribution is -0.121. The summed E-state index contributed by atoms with van der Waals surface area (Å²) < 4.78 is 27.4. The topological polar surface area (TPSA) is 116 Å². The highest BCUT2D eigenvalue weighted by Crippen LogP contribution is 2.25. The Morgan fingerprint density at radius 2 is 1.68 bits per heavy atom. The van der Waals surface area contributed by atoms with Gasteiger partial charge in [0.2, 0.25) is 10.0 Å². The van der Waals surface area contributed by atoms with Crippen LogP contribution in [0.2, 0.25) is 10.0 Å². The van der Waals surface area contributed by atoms with Gasteiger partial charge in [0.1, 0.15) is 0 Å². The van der Waals surface area contributed by atoms with Gasteiger partial charge in [-0.05, 0) is 35.9 Å². The smallest absolute Gasteiger partial charge is 0.336 e. The Morgan fingerprint density at radius 1 is 1.00 bits per heavy atom. The first-order valence-corrected chi connectivity index (χ1v) is 12.0. The van der Waals surface area contributed by atoms with Gasteiger partial charge in [-0.3, -0.25) is 4.79 Å².